The molecule has 0 saturated carbocycles. The molecule has 0 rings (SSSR count). The summed E-state index contributed by atoms with van der Waals surface area (Å²) in [6.45, 7) is 3.83. The molecule has 5 N–H and O–H groups in total. The Morgan fingerprint density at radius 1 is 0.667 bits per heavy atom. The monoisotopic (exact) mass is 728 g/mol. The lowest BCUT2D eigenvalue weighted by Crippen LogP contribution is -2.45. The van der Waals surface area contributed by atoms with Gasteiger partial charge < -0.3 is 21.1 Å². The van der Waals surface area contributed by atoms with Gasteiger partial charge in [-0.3, -0.25) is 13.8 Å². The van der Waals surface area contributed by atoms with Gasteiger partial charge in [0.05, 0.1) is 25.4 Å². The van der Waals surface area contributed by atoms with E-state index < -0.39 is 20.0 Å². The third kappa shape index (κ3) is 35.4. The van der Waals surface area contributed by atoms with E-state index in [2.05, 4.69) is 116 Å². The number of aliphatic hydroxyl groups is 1. The van der Waals surface area contributed by atoms with Crippen molar-refractivity contribution in [2.45, 2.75) is 129 Å². The van der Waals surface area contributed by atoms with Crippen LogP contribution in [0.5, 0.6) is 0 Å². The second kappa shape index (κ2) is 36.9. The highest BCUT2D eigenvalue weighted by atomic mass is 31.2. The van der Waals surface area contributed by atoms with Crippen molar-refractivity contribution in [2.24, 2.45) is 5.73 Å². The molecule has 0 saturated heterocycles. The fraction of sp³-hybridized carbons (Fsp3) is 0.548. The molecule has 3 atom stereocenters. The highest BCUT2D eigenvalue weighted by Crippen LogP contribution is 2.43. The zero-order chi connectivity index (χ0) is 37.5. The molecule has 3 unspecified atom stereocenters. The van der Waals surface area contributed by atoms with Gasteiger partial charge in [-0.2, -0.15) is 0 Å². The summed E-state index contributed by atoms with van der Waals surface area (Å²) in [4.78, 5) is 22.6. The Bertz CT molecular complexity index is 1150. The van der Waals surface area contributed by atoms with Crippen molar-refractivity contribution in [3.8, 4) is 0 Å². The predicted molar refractivity (Wildman–Crippen MR) is 216 cm³/mol. The smallest absolute Gasteiger partial charge is 0.387 e. The lowest BCUT2D eigenvalue weighted by Gasteiger charge is -2.23. The van der Waals surface area contributed by atoms with Crippen LogP contribution in [0.25, 0.3) is 0 Å². The number of carbonyl (C=O) groups excluding carboxylic acids is 1. The van der Waals surface area contributed by atoms with E-state index in [-0.39, 0.29) is 32.1 Å². The van der Waals surface area contributed by atoms with E-state index in [1.54, 1.807) is 6.08 Å². The average Bonchev–Trinajstić information content (AvgIpc) is 3.12. The van der Waals surface area contributed by atoms with E-state index in [0.29, 0.717) is 12.8 Å². The first-order valence-corrected chi connectivity index (χ1v) is 20.5. The van der Waals surface area contributed by atoms with Crippen LogP contribution >= 0.6 is 7.82 Å². The Labute approximate surface area is 310 Å². The van der Waals surface area contributed by atoms with Crippen molar-refractivity contribution in [1.29, 1.82) is 0 Å². The summed E-state index contributed by atoms with van der Waals surface area (Å²) in [5.74, 6) is -0.259. The molecule has 9 heteroatoms. The standard InChI is InChI=1S/C42H69N2O6P/c1-3-5-7-9-11-13-15-16-17-18-19-20-21-22-23-24-26-28-30-32-34-36-42(46)44-40(39-50-51(47,48)49-38-37-43)41(45)35-33-31-29-27-25-14-12-10-8-6-4-2/h5,7-8,10-11,13,16-17,19-20,22-23,25-28,33,35,40-41,45H,3-4,6,9,12,14-15,18,21,24,29-32,34,36-39,43H2,1-2H3,(H,44,46)(H,47,48)/b7-5-,10-8+,13-11-,17-16-,20-19-,23-22-,27-25+,28-26-,35-33+. The van der Waals surface area contributed by atoms with Crippen LogP contribution in [-0.4, -0.2) is 47.8 Å². The van der Waals surface area contributed by atoms with Gasteiger partial charge in [-0.1, -0.05) is 130 Å². The third-order valence-corrected chi connectivity index (χ3v) is 8.28. The minimum absolute atomic E-state index is 0.0576. The Morgan fingerprint density at radius 3 is 1.65 bits per heavy atom. The van der Waals surface area contributed by atoms with Gasteiger partial charge in [0.1, 0.15) is 0 Å². The zero-order valence-corrected chi connectivity index (χ0v) is 32.4. The van der Waals surface area contributed by atoms with Crippen LogP contribution in [0.15, 0.2) is 109 Å². The highest BCUT2D eigenvalue weighted by Gasteiger charge is 2.26. The topological polar surface area (TPSA) is 131 Å². The Hall–Kier alpha value is -2.84. The molecule has 0 radical (unpaired) electrons. The summed E-state index contributed by atoms with van der Waals surface area (Å²) in [6.07, 6.45) is 51.4. The number of aliphatic hydroxyl groups excluding tert-OH is 1. The average molecular weight is 729 g/mol. The first-order chi connectivity index (χ1) is 24.9. The molecule has 51 heavy (non-hydrogen) atoms. The normalized spacial score (nSPS) is 15.5. The van der Waals surface area contributed by atoms with E-state index in [1.807, 2.05) is 6.08 Å². The first-order valence-electron chi connectivity index (χ1n) is 19.0. The lowest BCUT2D eigenvalue weighted by molar-refractivity contribution is -0.123. The molecule has 0 aliphatic heterocycles. The van der Waals surface area contributed by atoms with Gasteiger partial charge in [0.25, 0.3) is 0 Å². The molecule has 1 amide bonds. The van der Waals surface area contributed by atoms with Crippen molar-refractivity contribution < 1.29 is 28.4 Å². The molecule has 0 aromatic heterocycles. The molecule has 0 spiro atoms. The second-order valence-electron chi connectivity index (χ2n) is 12.0. The Balaban J connectivity index is 4.44. The first kappa shape index (κ1) is 48.2. The summed E-state index contributed by atoms with van der Waals surface area (Å²) in [5, 5.41) is 13.5. The number of carbonyl (C=O) groups is 1. The van der Waals surface area contributed by atoms with E-state index in [4.69, 9.17) is 14.8 Å². The van der Waals surface area contributed by atoms with Gasteiger partial charge in [0.2, 0.25) is 5.91 Å². The molecular formula is C42H69N2O6P. The summed E-state index contributed by atoms with van der Waals surface area (Å²) in [5.41, 5.74) is 5.34. The largest absolute Gasteiger partial charge is 0.472 e. The minimum Gasteiger partial charge on any atom is -0.387 e. The summed E-state index contributed by atoms with van der Waals surface area (Å²) in [7, 11) is -4.36. The van der Waals surface area contributed by atoms with E-state index >= 15 is 0 Å². The van der Waals surface area contributed by atoms with Gasteiger partial charge in [-0.25, -0.2) is 4.57 Å². The number of hydrogen-bond acceptors (Lipinski definition) is 6. The molecule has 0 aliphatic rings. The highest BCUT2D eigenvalue weighted by molar-refractivity contribution is 7.47. The number of unbranched alkanes of at least 4 members (excludes halogenated alkanes) is 5. The number of phosphoric acid groups is 1. The summed E-state index contributed by atoms with van der Waals surface area (Å²) < 4.78 is 22.0. The van der Waals surface area contributed by atoms with Crippen LogP contribution in [-0.2, 0) is 18.4 Å². The van der Waals surface area contributed by atoms with Crippen molar-refractivity contribution in [3.63, 3.8) is 0 Å². The summed E-state index contributed by atoms with van der Waals surface area (Å²) >= 11 is 0. The molecule has 0 aromatic carbocycles. The predicted octanol–water partition coefficient (Wildman–Crippen LogP) is 10.2. The van der Waals surface area contributed by atoms with Crippen molar-refractivity contribution >= 4 is 13.7 Å². The third-order valence-electron chi connectivity index (χ3n) is 7.29. The second-order valence-corrected chi connectivity index (χ2v) is 13.5. The summed E-state index contributed by atoms with van der Waals surface area (Å²) in [6, 6.07) is -0.912. The van der Waals surface area contributed by atoms with Crippen LogP contribution in [0, 0.1) is 0 Å². The van der Waals surface area contributed by atoms with Gasteiger partial charge >= 0.3 is 7.82 Å². The number of nitrogens with one attached hydrogen (secondary N) is 1. The van der Waals surface area contributed by atoms with Crippen LogP contribution in [0.4, 0.5) is 0 Å². The molecule has 0 bridgehead atoms. The maximum atomic E-state index is 12.7. The van der Waals surface area contributed by atoms with Crippen LogP contribution in [0.2, 0.25) is 0 Å². The fourth-order valence-electron chi connectivity index (χ4n) is 4.46. The van der Waals surface area contributed by atoms with Crippen LogP contribution in [0.1, 0.15) is 117 Å². The zero-order valence-electron chi connectivity index (χ0n) is 31.5. The van der Waals surface area contributed by atoms with Gasteiger partial charge in [-0.05, 0) is 89.9 Å². The van der Waals surface area contributed by atoms with Crippen molar-refractivity contribution in [1.82, 2.24) is 5.32 Å². The molecule has 288 valence electrons. The molecular weight excluding hydrogens is 659 g/mol. The van der Waals surface area contributed by atoms with Crippen molar-refractivity contribution in [2.75, 3.05) is 19.8 Å². The quantitative estimate of drug-likeness (QED) is 0.0301. The molecule has 8 nitrogen and oxygen atoms in total. The number of rotatable bonds is 33. The number of amides is 1. The maximum absolute atomic E-state index is 12.7. The Morgan fingerprint density at radius 2 is 1.14 bits per heavy atom. The van der Waals surface area contributed by atoms with E-state index in [1.165, 1.54) is 0 Å². The Kier molecular flexibility index (Phi) is 34.9. The fourth-order valence-corrected chi connectivity index (χ4v) is 5.22. The van der Waals surface area contributed by atoms with Gasteiger partial charge in [0.15, 0.2) is 0 Å². The number of nitrogens with two attached hydrogens (primary N) is 1. The van der Waals surface area contributed by atoms with Crippen LogP contribution in [0.3, 0.4) is 0 Å². The molecule has 0 fully saturated rings. The van der Waals surface area contributed by atoms with E-state index in [0.717, 1.165) is 83.5 Å². The molecule has 0 aromatic rings. The maximum Gasteiger partial charge on any atom is 0.472 e. The molecule has 0 heterocycles. The number of hydrogen-bond donors (Lipinski definition) is 4. The lowest BCUT2D eigenvalue weighted by atomic mass is 10.1. The van der Waals surface area contributed by atoms with E-state index in [9.17, 15) is 19.4 Å². The van der Waals surface area contributed by atoms with Crippen molar-refractivity contribution in [3.05, 3.63) is 109 Å². The number of phosphoric ester groups is 1. The SMILES string of the molecule is CC/C=C\C/C=C\C/C=C\C/C=C\C/C=C\C/C=C\CCCCC(=O)NC(COP(=O)(O)OCCN)C(O)/C=C/CC/C=C/CC/C=C/CCC. The van der Waals surface area contributed by atoms with Gasteiger partial charge in [-0.15, -0.1) is 0 Å². The molecule has 0 aliphatic carbocycles. The van der Waals surface area contributed by atoms with Crippen LogP contribution < -0.4 is 11.1 Å². The minimum atomic E-state index is -4.36. The number of allylic oxidation sites excluding steroid dienone is 17. The van der Waals surface area contributed by atoms with Gasteiger partial charge in [0, 0.05) is 13.0 Å².